The number of nitrogens with zero attached hydrogens (tertiary/aromatic N) is 2. The zero-order valence-electron chi connectivity index (χ0n) is 15.8. The standard InChI is InChI=1S/C21H22ClFN2O3/c1-14-3-6-17(7-4-14)28-15(2)20(26)24-9-11-25(12-10-24)21(27)18-8-5-16(23)13-19(18)22/h3-8,13,15H,9-12H2,1-2H3. The zero-order valence-corrected chi connectivity index (χ0v) is 16.6. The van der Waals surface area contributed by atoms with Crippen LogP contribution in [0.5, 0.6) is 5.75 Å². The molecule has 1 heterocycles. The Bertz CT molecular complexity index is 864. The number of benzene rings is 2. The summed E-state index contributed by atoms with van der Waals surface area (Å²) in [6.45, 7) is 5.29. The normalized spacial score (nSPS) is 15.3. The molecule has 148 valence electrons. The number of rotatable bonds is 4. The zero-order chi connectivity index (χ0) is 20.3. The number of carbonyl (C=O) groups is 2. The van der Waals surface area contributed by atoms with Crippen molar-refractivity contribution in [3.63, 3.8) is 0 Å². The predicted molar refractivity (Wildman–Crippen MR) is 105 cm³/mol. The molecule has 1 aliphatic rings. The molecular weight excluding hydrogens is 383 g/mol. The summed E-state index contributed by atoms with van der Waals surface area (Å²) < 4.78 is 18.9. The summed E-state index contributed by atoms with van der Waals surface area (Å²) in [6.07, 6.45) is -0.614. The number of ether oxygens (including phenoxy) is 1. The Kier molecular flexibility index (Phi) is 6.19. The van der Waals surface area contributed by atoms with E-state index in [-0.39, 0.29) is 22.4 Å². The molecule has 0 spiro atoms. The van der Waals surface area contributed by atoms with Crippen molar-refractivity contribution in [1.29, 1.82) is 0 Å². The molecule has 28 heavy (non-hydrogen) atoms. The van der Waals surface area contributed by atoms with Crippen molar-refractivity contribution in [3.8, 4) is 5.75 Å². The van der Waals surface area contributed by atoms with Crippen molar-refractivity contribution in [1.82, 2.24) is 9.80 Å². The fourth-order valence-corrected chi connectivity index (χ4v) is 3.34. The second-order valence-electron chi connectivity index (χ2n) is 6.81. The van der Waals surface area contributed by atoms with E-state index in [4.69, 9.17) is 16.3 Å². The average Bonchev–Trinajstić information content (AvgIpc) is 2.69. The molecule has 0 aromatic heterocycles. The monoisotopic (exact) mass is 404 g/mol. The molecule has 7 heteroatoms. The van der Waals surface area contributed by atoms with Gasteiger partial charge in [0, 0.05) is 26.2 Å². The number of halogens is 2. The Balaban J connectivity index is 1.56. The van der Waals surface area contributed by atoms with Crippen LogP contribution in [0.2, 0.25) is 5.02 Å². The molecule has 0 aliphatic carbocycles. The maximum atomic E-state index is 13.2. The van der Waals surface area contributed by atoms with Crippen LogP contribution in [0.15, 0.2) is 42.5 Å². The molecule has 1 unspecified atom stereocenters. The SMILES string of the molecule is Cc1ccc(OC(C)C(=O)N2CCN(C(=O)c3ccc(F)cc3Cl)CC2)cc1. The highest BCUT2D eigenvalue weighted by Crippen LogP contribution is 2.20. The van der Waals surface area contributed by atoms with Gasteiger partial charge in [0.1, 0.15) is 11.6 Å². The van der Waals surface area contributed by atoms with Crippen LogP contribution >= 0.6 is 11.6 Å². The van der Waals surface area contributed by atoms with Crippen LogP contribution in [0.3, 0.4) is 0 Å². The Morgan fingerprint density at radius 1 is 1.04 bits per heavy atom. The van der Waals surface area contributed by atoms with Crippen molar-refractivity contribution in [2.45, 2.75) is 20.0 Å². The van der Waals surface area contributed by atoms with Crippen LogP contribution < -0.4 is 4.74 Å². The van der Waals surface area contributed by atoms with E-state index in [2.05, 4.69) is 0 Å². The first-order chi connectivity index (χ1) is 13.3. The van der Waals surface area contributed by atoms with Gasteiger partial charge in [-0.15, -0.1) is 0 Å². The molecule has 1 fully saturated rings. The maximum absolute atomic E-state index is 13.2. The lowest BCUT2D eigenvalue weighted by atomic mass is 10.1. The van der Waals surface area contributed by atoms with Gasteiger partial charge in [0.15, 0.2) is 6.10 Å². The number of piperazine rings is 1. The molecule has 0 saturated carbocycles. The minimum Gasteiger partial charge on any atom is -0.481 e. The molecule has 1 aliphatic heterocycles. The quantitative estimate of drug-likeness (QED) is 0.783. The van der Waals surface area contributed by atoms with Crippen LogP contribution in [-0.2, 0) is 4.79 Å². The smallest absolute Gasteiger partial charge is 0.263 e. The lowest BCUT2D eigenvalue weighted by molar-refractivity contribution is -0.139. The van der Waals surface area contributed by atoms with Crippen LogP contribution in [0.25, 0.3) is 0 Å². The first-order valence-corrected chi connectivity index (χ1v) is 9.49. The van der Waals surface area contributed by atoms with E-state index in [0.29, 0.717) is 31.9 Å². The third-order valence-electron chi connectivity index (χ3n) is 4.72. The molecule has 0 bridgehead atoms. The Hall–Kier alpha value is -2.60. The summed E-state index contributed by atoms with van der Waals surface area (Å²) in [4.78, 5) is 28.6. The van der Waals surface area contributed by atoms with Gasteiger partial charge in [-0.3, -0.25) is 9.59 Å². The minimum absolute atomic E-state index is 0.0867. The second kappa shape index (κ2) is 8.61. The molecular formula is C21H22ClFN2O3. The van der Waals surface area contributed by atoms with Crippen LogP contribution in [0.1, 0.15) is 22.8 Å². The van der Waals surface area contributed by atoms with Crippen molar-refractivity contribution in [2.75, 3.05) is 26.2 Å². The third-order valence-corrected chi connectivity index (χ3v) is 5.03. The molecule has 5 nitrogen and oxygen atoms in total. The van der Waals surface area contributed by atoms with Gasteiger partial charge < -0.3 is 14.5 Å². The Morgan fingerprint density at radius 2 is 1.64 bits per heavy atom. The van der Waals surface area contributed by atoms with Gasteiger partial charge in [-0.2, -0.15) is 0 Å². The van der Waals surface area contributed by atoms with Crippen molar-refractivity contribution >= 4 is 23.4 Å². The molecule has 1 saturated heterocycles. The van der Waals surface area contributed by atoms with E-state index < -0.39 is 11.9 Å². The number of hydrogen-bond acceptors (Lipinski definition) is 3. The van der Waals surface area contributed by atoms with Gasteiger partial charge in [-0.1, -0.05) is 29.3 Å². The van der Waals surface area contributed by atoms with E-state index in [9.17, 15) is 14.0 Å². The first kappa shape index (κ1) is 20.1. The number of hydrogen-bond donors (Lipinski definition) is 0. The van der Waals surface area contributed by atoms with Gasteiger partial charge in [-0.05, 0) is 44.2 Å². The Morgan fingerprint density at radius 3 is 2.25 bits per heavy atom. The van der Waals surface area contributed by atoms with Crippen LogP contribution in [0, 0.1) is 12.7 Å². The number of carbonyl (C=O) groups excluding carboxylic acids is 2. The lowest BCUT2D eigenvalue weighted by Gasteiger charge is -2.36. The molecule has 2 aromatic carbocycles. The highest BCUT2D eigenvalue weighted by Gasteiger charge is 2.29. The molecule has 0 N–H and O–H groups in total. The van der Waals surface area contributed by atoms with Gasteiger partial charge in [0.25, 0.3) is 11.8 Å². The summed E-state index contributed by atoms with van der Waals surface area (Å²) in [7, 11) is 0. The highest BCUT2D eigenvalue weighted by molar-refractivity contribution is 6.33. The van der Waals surface area contributed by atoms with Crippen LogP contribution in [0.4, 0.5) is 4.39 Å². The Labute approximate surface area is 168 Å². The highest BCUT2D eigenvalue weighted by atomic mass is 35.5. The van der Waals surface area contributed by atoms with E-state index in [1.54, 1.807) is 16.7 Å². The van der Waals surface area contributed by atoms with Gasteiger partial charge in [0.05, 0.1) is 10.6 Å². The fourth-order valence-electron chi connectivity index (χ4n) is 3.09. The molecule has 3 rings (SSSR count). The van der Waals surface area contributed by atoms with Crippen LogP contribution in [-0.4, -0.2) is 53.9 Å². The predicted octanol–water partition coefficient (Wildman–Crippen LogP) is 3.54. The van der Waals surface area contributed by atoms with Gasteiger partial charge in [-0.25, -0.2) is 4.39 Å². The lowest BCUT2D eigenvalue weighted by Crippen LogP contribution is -2.53. The van der Waals surface area contributed by atoms with Gasteiger partial charge in [0.2, 0.25) is 0 Å². The summed E-state index contributed by atoms with van der Waals surface area (Å²) in [6, 6.07) is 11.2. The third kappa shape index (κ3) is 4.62. The van der Waals surface area contributed by atoms with Crippen molar-refractivity contribution in [3.05, 3.63) is 64.4 Å². The van der Waals surface area contributed by atoms with E-state index >= 15 is 0 Å². The van der Waals surface area contributed by atoms with Crippen molar-refractivity contribution < 1.29 is 18.7 Å². The molecule has 1 atom stereocenters. The summed E-state index contributed by atoms with van der Waals surface area (Å²) in [5.41, 5.74) is 1.38. The van der Waals surface area contributed by atoms with E-state index in [1.807, 2.05) is 31.2 Å². The largest absolute Gasteiger partial charge is 0.481 e. The summed E-state index contributed by atoms with van der Waals surface area (Å²) >= 11 is 5.98. The average molecular weight is 405 g/mol. The summed E-state index contributed by atoms with van der Waals surface area (Å²) in [5, 5.41) is 0.0867. The second-order valence-corrected chi connectivity index (χ2v) is 7.22. The maximum Gasteiger partial charge on any atom is 0.263 e. The van der Waals surface area contributed by atoms with Gasteiger partial charge >= 0.3 is 0 Å². The molecule has 2 amide bonds. The van der Waals surface area contributed by atoms with E-state index in [1.165, 1.54) is 12.1 Å². The first-order valence-electron chi connectivity index (χ1n) is 9.11. The van der Waals surface area contributed by atoms with E-state index in [0.717, 1.165) is 11.6 Å². The number of aryl methyl sites for hydroxylation is 1. The van der Waals surface area contributed by atoms with Crippen molar-refractivity contribution in [2.24, 2.45) is 0 Å². The number of amides is 2. The minimum atomic E-state index is -0.614. The summed E-state index contributed by atoms with van der Waals surface area (Å²) in [5.74, 6) is -0.223. The topological polar surface area (TPSA) is 49.9 Å². The molecule has 2 aromatic rings. The fraction of sp³-hybridized carbons (Fsp3) is 0.333. The molecule has 0 radical (unpaired) electrons.